The van der Waals surface area contributed by atoms with Gasteiger partial charge in [-0.3, -0.25) is 14.4 Å². The number of benzene rings is 1. The second-order valence-electron chi connectivity index (χ2n) is 6.05. The number of carbonyl (C=O) groups excluding carboxylic acids is 1. The Bertz CT molecular complexity index is 671. The molecule has 122 valence electrons. The minimum atomic E-state index is 0.0488. The fourth-order valence-electron chi connectivity index (χ4n) is 2.95. The number of amides is 1. The highest BCUT2D eigenvalue weighted by Gasteiger charge is 2.23. The number of nitrogens with zero attached hydrogens (tertiary/aromatic N) is 4. The van der Waals surface area contributed by atoms with E-state index in [1.54, 1.807) is 4.68 Å². The second kappa shape index (κ2) is 6.96. The first-order valence-electron chi connectivity index (χ1n) is 8.27. The van der Waals surface area contributed by atoms with Crippen LogP contribution in [0, 0.1) is 6.92 Å². The van der Waals surface area contributed by atoms with Crippen molar-refractivity contribution in [2.45, 2.75) is 26.9 Å². The van der Waals surface area contributed by atoms with Crippen LogP contribution in [0.25, 0.3) is 0 Å². The molecule has 0 atom stereocenters. The van der Waals surface area contributed by atoms with Gasteiger partial charge in [0.25, 0.3) is 5.91 Å². The van der Waals surface area contributed by atoms with E-state index in [-0.39, 0.29) is 5.91 Å². The van der Waals surface area contributed by atoms with Gasteiger partial charge in [-0.25, -0.2) is 0 Å². The SMILES string of the molecule is CCn1ccc(C(=O)N2CCN(Cc3ccccc3C)CC2)n1. The molecule has 2 aromatic rings. The molecule has 0 N–H and O–H groups in total. The lowest BCUT2D eigenvalue weighted by atomic mass is 10.1. The zero-order valence-corrected chi connectivity index (χ0v) is 13.9. The summed E-state index contributed by atoms with van der Waals surface area (Å²) in [6, 6.07) is 10.3. The van der Waals surface area contributed by atoms with Gasteiger partial charge in [-0.1, -0.05) is 24.3 Å². The maximum atomic E-state index is 12.5. The monoisotopic (exact) mass is 312 g/mol. The van der Waals surface area contributed by atoms with Gasteiger partial charge in [0.2, 0.25) is 0 Å². The van der Waals surface area contributed by atoms with Crippen LogP contribution in [0.5, 0.6) is 0 Å². The molecule has 23 heavy (non-hydrogen) atoms. The summed E-state index contributed by atoms with van der Waals surface area (Å²) in [6.45, 7) is 9.28. The minimum Gasteiger partial charge on any atom is -0.335 e. The van der Waals surface area contributed by atoms with Gasteiger partial charge in [0, 0.05) is 45.5 Å². The van der Waals surface area contributed by atoms with Gasteiger partial charge in [0.15, 0.2) is 0 Å². The van der Waals surface area contributed by atoms with Gasteiger partial charge in [0.1, 0.15) is 5.69 Å². The van der Waals surface area contributed by atoms with E-state index < -0.39 is 0 Å². The minimum absolute atomic E-state index is 0.0488. The molecule has 0 saturated carbocycles. The summed E-state index contributed by atoms with van der Waals surface area (Å²) in [4.78, 5) is 16.8. The number of carbonyl (C=O) groups is 1. The fraction of sp³-hybridized carbons (Fsp3) is 0.444. The molecule has 0 aliphatic carbocycles. The van der Waals surface area contributed by atoms with Crippen molar-refractivity contribution in [3.8, 4) is 0 Å². The van der Waals surface area contributed by atoms with Crippen LogP contribution < -0.4 is 0 Å². The van der Waals surface area contributed by atoms with Crippen molar-refractivity contribution in [1.29, 1.82) is 0 Å². The third kappa shape index (κ3) is 3.62. The summed E-state index contributed by atoms with van der Waals surface area (Å²) in [5, 5.41) is 4.31. The third-order valence-electron chi connectivity index (χ3n) is 4.50. The molecule has 1 aromatic carbocycles. The van der Waals surface area contributed by atoms with E-state index in [1.165, 1.54) is 11.1 Å². The number of hydrogen-bond acceptors (Lipinski definition) is 3. The Kier molecular flexibility index (Phi) is 4.76. The number of rotatable bonds is 4. The number of aryl methyl sites for hydroxylation is 2. The van der Waals surface area contributed by atoms with Crippen molar-refractivity contribution in [3.63, 3.8) is 0 Å². The van der Waals surface area contributed by atoms with Crippen LogP contribution in [0.3, 0.4) is 0 Å². The zero-order valence-electron chi connectivity index (χ0n) is 13.9. The first-order valence-corrected chi connectivity index (χ1v) is 8.27. The molecule has 1 amide bonds. The highest BCUT2D eigenvalue weighted by molar-refractivity contribution is 5.92. The summed E-state index contributed by atoms with van der Waals surface area (Å²) >= 11 is 0. The molecule has 2 heterocycles. The maximum absolute atomic E-state index is 12.5. The maximum Gasteiger partial charge on any atom is 0.274 e. The molecule has 0 unspecified atom stereocenters. The summed E-state index contributed by atoms with van der Waals surface area (Å²) < 4.78 is 1.79. The molecular weight excluding hydrogens is 288 g/mol. The van der Waals surface area contributed by atoms with Gasteiger partial charge in [-0.05, 0) is 31.0 Å². The van der Waals surface area contributed by atoms with Crippen LogP contribution in [0.4, 0.5) is 0 Å². The zero-order chi connectivity index (χ0) is 16.2. The Morgan fingerprint density at radius 1 is 1.13 bits per heavy atom. The van der Waals surface area contributed by atoms with Gasteiger partial charge < -0.3 is 4.90 Å². The smallest absolute Gasteiger partial charge is 0.274 e. The molecule has 1 aromatic heterocycles. The van der Waals surface area contributed by atoms with Crippen LogP contribution in [-0.2, 0) is 13.1 Å². The molecule has 0 radical (unpaired) electrons. The lowest BCUT2D eigenvalue weighted by Crippen LogP contribution is -2.48. The summed E-state index contributed by atoms with van der Waals surface area (Å²) in [5.74, 6) is 0.0488. The predicted molar refractivity (Wildman–Crippen MR) is 90.3 cm³/mol. The van der Waals surface area contributed by atoms with E-state index in [2.05, 4.69) is 41.2 Å². The van der Waals surface area contributed by atoms with Crippen LogP contribution in [0.1, 0.15) is 28.5 Å². The lowest BCUT2D eigenvalue weighted by molar-refractivity contribution is 0.0621. The highest BCUT2D eigenvalue weighted by atomic mass is 16.2. The van der Waals surface area contributed by atoms with Crippen molar-refractivity contribution < 1.29 is 4.79 Å². The molecule has 1 aliphatic heterocycles. The van der Waals surface area contributed by atoms with Crippen molar-refractivity contribution in [3.05, 3.63) is 53.3 Å². The molecule has 5 heteroatoms. The molecule has 3 rings (SSSR count). The highest BCUT2D eigenvalue weighted by Crippen LogP contribution is 2.13. The number of piperazine rings is 1. The average molecular weight is 312 g/mol. The van der Waals surface area contributed by atoms with Gasteiger partial charge >= 0.3 is 0 Å². The molecule has 1 fully saturated rings. The Morgan fingerprint density at radius 3 is 2.52 bits per heavy atom. The Labute approximate surface area is 137 Å². The Morgan fingerprint density at radius 2 is 1.87 bits per heavy atom. The summed E-state index contributed by atoms with van der Waals surface area (Å²) in [7, 11) is 0. The first-order chi connectivity index (χ1) is 11.2. The normalized spacial score (nSPS) is 15.8. The fourth-order valence-corrected chi connectivity index (χ4v) is 2.95. The molecule has 1 saturated heterocycles. The molecular formula is C18H24N4O. The third-order valence-corrected chi connectivity index (χ3v) is 4.50. The van der Waals surface area contributed by atoms with Crippen molar-refractivity contribution in [2.75, 3.05) is 26.2 Å². The van der Waals surface area contributed by atoms with E-state index in [1.807, 2.05) is 24.1 Å². The van der Waals surface area contributed by atoms with E-state index in [9.17, 15) is 4.79 Å². The van der Waals surface area contributed by atoms with Crippen molar-refractivity contribution in [1.82, 2.24) is 19.6 Å². The van der Waals surface area contributed by atoms with E-state index in [0.29, 0.717) is 5.69 Å². The number of aromatic nitrogens is 2. The predicted octanol–water partition coefficient (Wildman–Crippen LogP) is 2.17. The van der Waals surface area contributed by atoms with Crippen LogP contribution in [0.2, 0.25) is 0 Å². The largest absolute Gasteiger partial charge is 0.335 e. The topological polar surface area (TPSA) is 41.4 Å². The average Bonchev–Trinajstić information content (AvgIpc) is 3.06. The van der Waals surface area contributed by atoms with Crippen LogP contribution in [0.15, 0.2) is 36.5 Å². The van der Waals surface area contributed by atoms with E-state index in [0.717, 1.165) is 39.3 Å². The van der Waals surface area contributed by atoms with E-state index in [4.69, 9.17) is 0 Å². The second-order valence-corrected chi connectivity index (χ2v) is 6.05. The van der Waals surface area contributed by atoms with Crippen LogP contribution in [-0.4, -0.2) is 51.7 Å². The standard InChI is InChI=1S/C18H24N4O/c1-3-22-9-8-17(19-22)18(23)21-12-10-20(11-13-21)14-16-7-5-4-6-15(16)2/h4-9H,3,10-14H2,1-2H3. The lowest BCUT2D eigenvalue weighted by Gasteiger charge is -2.34. The van der Waals surface area contributed by atoms with Crippen molar-refractivity contribution >= 4 is 5.91 Å². The molecule has 1 aliphatic rings. The summed E-state index contributed by atoms with van der Waals surface area (Å²) in [5.41, 5.74) is 3.25. The molecule has 0 spiro atoms. The van der Waals surface area contributed by atoms with Gasteiger partial charge in [0.05, 0.1) is 0 Å². The van der Waals surface area contributed by atoms with Crippen molar-refractivity contribution in [2.24, 2.45) is 0 Å². The van der Waals surface area contributed by atoms with E-state index >= 15 is 0 Å². The number of hydrogen-bond donors (Lipinski definition) is 0. The Hall–Kier alpha value is -2.14. The summed E-state index contributed by atoms with van der Waals surface area (Å²) in [6.07, 6.45) is 1.86. The van der Waals surface area contributed by atoms with Gasteiger partial charge in [-0.15, -0.1) is 0 Å². The first kappa shape index (κ1) is 15.7. The van der Waals surface area contributed by atoms with Gasteiger partial charge in [-0.2, -0.15) is 5.10 Å². The quantitative estimate of drug-likeness (QED) is 0.869. The Balaban J connectivity index is 1.56. The molecule has 5 nitrogen and oxygen atoms in total. The van der Waals surface area contributed by atoms with Crippen LogP contribution >= 0.6 is 0 Å². The molecule has 0 bridgehead atoms.